The molecule has 0 aromatic carbocycles. The Morgan fingerprint density at radius 1 is 1.41 bits per heavy atom. The topological polar surface area (TPSA) is 101 Å². The zero-order chi connectivity index (χ0) is 16.8. The van der Waals surface area contributed by atoms with E-state index in [4.69, 9.17) is 33.0 Å². The molecule has 3 N–H and O–H groups in total. The third-order valence-corrected chi connectivity index (χ3v) is 2.90. The van der Waals surface area contributed by atoms with Crippen LogP contribution in [0.1, 0.15) is 20.3 Å². The Kier molecular flexibility index (Phi) is 6.70. The van der Waals surface area contributed by atoms with Gasteiger partial charge in [-0.15, -0.1) is 0 Å². The molecule has 0 aliphatic heterocycles. The minimum Gasteiger partial charge on any atom is -0.481 e. The lowest BCUT2D eigenvalue weighted by Crippen LogP contribution is -2.52. The minimum absolute atomic E-state index is 0.0443. The standard InChI is InChI=1S/C13H17Cl2N3O4/c1-13(2,18-12(21)16-4-3-10(19)20)7-22-11-9(15)5-8(14)6-17-11/h5-6H,3-4,7H2,1-2H3,(H,19,20)(H2,16,18,21). The summed E-state index contributed by atoms with van der Waals surface area (Å²) >= 11 is 11.7. The van der Waals surface area contributed by atoms with E-state index in [-0.39, 0.29) is 30.5 Å². The molecular weight excluding hydrogens is 333 g/mol. The average Bonchev–Trinajstić information content (AvgIpc) is 2.36. The van der Waals surface area contributed by atoms with E-state index in [0.29, 0.717) is 5.02 Å². The third kappa shape index (κ3) is 6.82. The zero-order valence-corrected chi connectivity index (χ0v) is 13.7. The molecule has 22 heavy (non-hydrogen) atoms. The molecule has 0 aliphatic rings. The lowest BCUT2D eigenvalue weighted by Gasteiger charge is -2.26. The van der Waals surface area contributed by atoms with Crippen LogP contribution in [0, 0.1) is 0 Å². The first kappa shape index (κ1) is 18.3. The van der Waals surface area contributed by atoms with E-state index in [1.54, 1.807) is 13.8 Å². The van der Waals surface area contributed by atoms with E-state index in [0.717, 1.165) is 0 Å². The van der Waals surface area contributed by atoms with E-state index in [9.17, 15) is 9.59 Å². The molecule has 0 aliphatic carbocycles. The third-order valence-electron chi connectivity index (χ3n) is 2.42. The molecule has 0 unspecified atom stereocenters. The highest BCUT2D eigenvalue weighted by Crippen LogP contribution is 2.25. The highest BCUT2D eigenvalue weighted by Gasteiger charge is 2.22. The van der Waals surface area contributed by atoms with Gasteiger partial charge in [-0.25, -0.2) is 9.78 Å². The van der Waals surface area contributed by atoms with Crippen LogP contribution in [0.25, 0.3) is 0 Å². The van der Waals surface area contributed by atoms with Gasteiger partial charge in [-0.1, -0.05) is 23.2 Å². The number of halogens is 2. The normalized spacial score (nSPS) is 10.9. The van der Waals surface area contributed by atoms with Crippen LogP contribution in [0.4, 0.5) is 4.79 Å². The number of aliphatic carboxylic acids is 1. The molecular formula is C13H17Cl2N3O4. The largest absolute Gasteiger partial charge is 0.481 e. The quantitative estimate of drug-likeness (QED) is 0.701. The highest BCUT2D eigenvalue weighted by molar-refractivity contribution is 6.35. The van der Waals surface area contributed by atoms with Crippen molar-refractivity contribution in [1.82, 2.24) is 15.6 Å². The fraction of sp³-hybridized carbons (Fsp3) is 0.462. The molecule has 9 heteroatoms. The van der Waals surface area contributed by atoms with Crippen molar-refractivity contribution in [3.05, 3.63) is 22.3 Å². The molecule has 0 fully saturated rings. The highest BCUT2D eigenvalue weighted by atomic mass is 35.5. The van der Waals surface area contributed by atoms with Crippen molar-refractivity contribution in [3.8, 4) is 5.88 Å². The Balaban J connectivity index is 2.45. The number of rotatable bonds is 7. The summed E-state index contributed by atoms with van der Waals surface area (Å²) in [6, 6.07) is 1.02. The fourth-order valence-corrected chi connectivity index (χ4v) is 1.86. The van der Waals surface area contributed by atoms with Crippen molar-refractivity contribution in [1.29, 1.82) is 0 Å². The number of hydrogen-bond acceptors (Lipinski definition) is 4. The van der Waals surface area contributed by atoms with Crippen LogP contribution in [-0.4, -0.2) is 40.8 Å². The van der Waals surface area contributed by atoms with Gasteiger partial charge in [0.15, 0.2) is 0 Å². The molecule has 0 radical (unpaired) electrons. The van der Waals surface area contributed by atoms with Gasteiger partial charge in [0.1, 0.15) is 11.6 Å². The number of amides is 2. The summed E-state index contributed by atoms with van der Waals surface area (Å²) < 4.78 is 5.46. The number of pyridine rings is 1. The number of nitrogens with zero attached hydrogens (tertiary/aromatic N) is 1. The molecule has 2 amide bonds. The van der Waals surface area contributed by atoms with E-state index < -0.39 is 17.5 Å². The molecule has 0 bridgehead atoms. The van der Waals surface area contributed by atoms with Crippen LogP contribution in [0.15, 0.2) is 12.3 Å². The molecule has 0 saturated carbocycles. The maximum Gasteiger partial charge on any atom is 0.315 e. The summed E-state index contributed by atoms with van der Waals surface area (Å²) in [6.45, 7) is 3.65. The Morgan fingerprint density at radius 2 is 2.09 bits per heavy atom. The zero-order valence-electron chi connectivity index (χ0n) is 12.2. The molecule has 1 aromatic rings. The predicted molar refractivity (Wildman–Crippen MR) is 82.6 cm³/mol. The van der Waals surface area contributed by atoms with Crippen molar-refractivity contribution in [2.75, 3.05) is 13.2 Å². The SMILES string of the molecule is CC(C)(COc1ncc(Cl)cc1Cl)NC(=O)NCCC(=O)O. The van der Waals surface area contributed by atoms with Gasteiger partial charge < -0.3 is 20.5 Å². The van der Waals surface area contributed by atoms with Crippen molar-refractivity contribution in [2.45, 2.75) is 25.8 Å². The van der Waals surface area contributed by atoms with Gasteiger partial charge in [-0.05, 0) is 19.9 Å². The first-order valence-corrected chi connectivity index (χ1v) is 7.17. The number of hydrogen-bond donors (Lipinski definition) is 3. The summed E-state index contributed by atoms with van der Waals surface area (Å²) in [6.07, 6.45) is 1.26. The lowest BCUT2D eigenvalue weighted by atomic mass is 10.1. The predicted octanol–water partition coefficient (Wildman–Crippen LogP) is 2.32. The van der Waals surface area contributed by atoms with E-state index >= 15 is 0 Å². The molecule has 7 nitrogen and oxygen atoms in total. The molecule has 1 aromatic heterocycles. The van der Waals surface area contributed by atoms with Gasteiger partial charge in [-0.2, -0.15) is 0 Å². The van der Waals surface area contributed by atoms with Crippen molar-refractivity contribution >= 4 is 35.2 Å². The van der Waals surface area contributed by atoms with Gasteiger partial charge in [-0.3, -0.25) is 4.79 Å². The molecule has 0 spiro atoms. The Labute approximate surface area is 138 Å². The Hall–Kier alpha value is -1.73. The summed E-state index contributed by atoms with van der Waals surface area (Å²) in [5.41, 5.74) is -0.710. The number of carbonyl (C=O) groups excluding carboxylic acids is 1. The smallest absolute Gasteiger partial charge is 0.315 e. The Bertz CT molecular complexity index is 552. The number of ether oxygens (including phenoxy) is 1. The molecule has 1 heterocycles. The van der Waals surface area contributed by atoms with Gasteiger partial charge in [0.25, 0.3) is 0 Å². The fourth-order valence-electron chi connectivity index (χ4n) is 1.43. The summed E-state index contributed by atoms with van der Waals surface area (Å²) in [5.74, 6) is -0.765. The van der Waals surface area contributed by atoms with Gasteiger partial charge >= 0.3 is 12.0 Å². The molecule has 0 atom stereocenters. The van der Waals surface area contributed by atoms with E-state index in [1.165, 1.54) is 12.3 Å². The van der Waals surface area contributed by atoms with Gasteiger partial charge in [0.05, 0.1) is 17.0 Å². The summed E-state index contributed by atoms with van der Waals surface area (Å²) in [7, 11) is 0. The number of aromatic nitrogens is 1. The first-order chi connectivity index (χ1) is 10.2. The average molecular weight is 350 g/mol. The van der Waals surface area contributed by atoms with Crippen molar-refractivity contribution in [3.63, 3.8) is 0 Å². The van der Waals surface area contributed by atoms with Gasteiger partial charge in [0.2, 0.25) is 5.88 Å². The summed E-state index contributed by atoms with van der Waals surface area (Å²) in [5, 5.41) is 14.3. The number of carboxylic acid groups (broad SMARTS) is 1. The number of carbonyl (C=O) groups is 2. The maximum atomic E-state index is 11.6. The van der Waals surface area contributed by atoms with Crippen LogP contribution in [0.2, 0.25) is 10.0 Å². The second-order valence-corrected chi connectivity index (χ2v) is 5.98. The van der Waals surface area contributed by atoms with Crippen molar-refractivity contribution < 1.29 is 19.4 Å². The first-order valence-electron chi connectivity index (χ1n) is 6.41. The molecule has 1 rings (SSSR count). The molecule has 0 saturated heterocycles. The monoisotopic (exact) mass is 349 g/mol. The van der Waals surface area contributed by atoms with Crippen LogP contribution in [-0.2, 0) is 4.79 Å². The van der Waals surface area contributed by atoms with Crippen LogP contribution in [0.5, 0.6) is 5.88 Å². The lowest BCUT2D eigenvalue weighted by molar-refractivity contribution is -0.136. The Morgan fingerprint density at radius 3 is 2.68 bits per heavy atom. The minimum atomic E-state index is -0.980. The number of nitrogens with one attached hydrogen (secondary N) is 2. The molecule has 122 valence electrons. The number of carboxylic acids is 1. The summed E-state index contributed by atoms with van der Waals surface area (Å²) in [4.78, 5) is 25.9. The van der Waals surface area contributed by atoms with Crippen LogP contribution < -0.4 is 15.4 Å². The van der Waals surface area contributed by atoms with E-state index in [2.05, 4.69) is 15.6 Å². The van der Waals surface area contributed by atoms with Crippen LogP contribution >= 0.6 is 23.2 Å². The van der Waals surface area contributed by atoms with Gasteiger partial charge in [0, 0.05) is 12.7 Å². The van der Waals surface area contributed by atoms with Crippen molar-refractivity contribution in [2.24, 2.45) is 0 Å². The number of urea groups is 1. The second-order valence-electron chi connectivity index (χ2n) is 5.14. The second kappa shape index (κ2) is 8.05. The van der Waals surface area contributed by atoms with E-state index in [1.807, 2.05) is 0 Å². The van der Waals surface area contributed by atoms with Crippen LogP contribution in [0.3, 0.4) is 0 Å². The maximum absolute atomic E-state index is 11.6.